The van der Waals surface area contributed by atoms with Gasteiger partial charge in [0.15, 0.2) is 0 Å². The number of fused-ring (bicyclic) bond motifs is 3. The molecule has 4 rings (SSSR count). The highest BCUT2D eigenvalue weighted by Gasteiger charge is 2.32. The van der Waals surface area contributed by atoms with Gasteiger partial charge in [0.05, 0.1) is 48.2 Å². The minimum Gasteiger partial charge on any atom is -0.391 e. The van der Waals surface area contributed by atoms with Crippen molar-refractivity contribution >= 4 is 22.6 Å². The van der Waals surface area contributed by atoms with Crippen LogP contribution >= 0.6 is 0 Å². The number of amides is 1. The predicted molar refractivity (Wildman–Crippen MR) is 120 cm³/mol. The molecular weight excluding hydrogens is 449 g/mol. The fraction of sp³-hybridized carbons (Fsp3) is 0.375. The molecule has 1 aromatic carbocycles. The van der Waals surface area contributed by atoms with Crippen LogP contribution in [0.4, 0.5) is 19.0 Å². The van der Waals surface area contributed by atoms with Crippen LogP contribution in [0.3, 0.4) is 0 Å². The topological polar surface area (TPSA) is 102 Å². The number of pyridine rings is 2. The lowest BCUT2D eigenvalue weighted by atomic mass is 9.99. The van der Waals surface area contributed by atoms with E-state index in [1.54, 1.807) is 32.0 Å². The molecule has 3 heterocycles. The third-order valence-electron chi connectivity index (χ3n) is 6.23. The quantitative estimate of drug-likeness (QED) is 0.574. The Morgan fingerprint density at radius 1 is 1.29 bits per heavy atom. The number of aliphatic hydroxyl groups excluding tert-OH is 1. The maximum absolute atomic E-state index is 13.5. The number of hydrogen-bond donors (Lipinski definition) is 2. The molecule has 3 atom stereocenters. The van der Waals surface area contributed by atoms with Crippen LogP contribution in [0.1, 0.15) is 59.6 Å². The Balaban J connectivity index is 1.70. The van der Waals surface area contributed by atoms with Crippen LogP contribution in [-0.2, 0) is 24.1 Å². The molecule has 7 nitrogen and oxygen atoms in total. The summed E-state index contributed by atoms with van der Waals surface area (Å²) in [6.45, 7) is 5.38. The van der Waals surface area contributed by atoms with Gasteiger partial charge < -0.3 is 20.5 Å². The molecule has 0 saturated carbocycles. The summed E-state index contributed by atoms with van der Waals surface area (Å²) in [5.41, 5.74) is 8.16. The number of carbonyl (C=O) groups is 1. The minimum absolute atomic E-state index is 0.0701. The molecular formula is C24H25F3N4O3. The first-order chi connectivity index (χ1) is 16.0. The van der Waals surface area contributed by atoms with Gasteiger partial charge >= 0.3 is 6.18 Å². The van der Waals surface area contributed by atoms with Gasteiger partial charge in [0.1, 0.15) is 5.82 Å². The second-order valence-electron chi connectivity index (χ2n) is 8.52. The van der Waals surface area contributed by atoms with Crippen molar-refractivity contribution in [2.24, 2.45) is 0 Å². The maximum Gasteiger partial charge on any atom is 0.417 e. The van der Waals surface area contributed by atoms with Gasteiger partial charge in [0.2, 0.25) is 0 Å². The number of nitrogens with two attached hydrogens (primary N) is 1. The number of alkyl halides is 3. The van der Waals surface area contributed by atoms with Crippen molar-refractivity contribution in [3.8, 4) is 0 Å². The lowest BCUT2D eigenvalue weighted by Gasteiger charge is -2.31. The molecule has 1 aliphatic rings. The summed E-state index contributed by atoms with van der Waals surface area (Å²) in [6.07, 6.45) is -4.85. The largest absolute Gasteiger partial charge is 0.417 e. The third-order valence-corrected chi connectivity index (χ3v) is 6.23. The highest BCUT2D eigenvalue weighted by atomic mass is 19.4. The highest BCUT2D eigenvalue weighted by molar-refractivity contribution is 5.99. The molecule has 180 valence electrons. The Labute approximate surface area is 194 Å². The van der Waals surface area contributed by atoms with E-state index in [0.717, 1.165) is 28.8 Å². The Hall–Kier alpha value is -3.24. The average molecular weight is 474 g/mol. The number of aliphatic hydroxyl groups is 1. The van der Waals surface area contributed by atoms with E-state index in [2.05, 4.69) is 9.97 Å². The van der Waals surface area contributed by atoms with Gasteiger partial charge in [-0.3, -0.25) is 9.78 Å². The Kier molecular flexibility index (Phi) is 6.22. The number of anilines is 1. The average Bonchev–Trinajstić information content (AvgIpc) is 3.18. The van der Waals surface area contributed by atoms with Gasteiger partial charge in [-0.1, -0.05) is 0 Å². The normalized spacial score (nSPS) is 17.4. The lowest BCUT2D eigenvalue weighted by molar-refractivity contribution is -0.137. The van der Waals surface area contributed by atoms with E-state index in [0.29, 0.717) is 23.5 Å². The second-order valence-corrected chi connectivity index (χ2v) is 8.52. The number of rotatable bonds is 5. The molecule has 3 aromatic rings. The second kappa shape index (κ2) is 8.84. The minimum atomic E-state index is -4.50. The van der Waals surface area contributed by atoms with Crippen LogP contribution in [0.25, 0.3) is 10.9 Å². The van der Waals surface area contributed by atoms with E-state index >= 15 is 0 Å². The van der Waals surface area contributed by atoms with Gasteiger partial charge in [0.25, 0.3) is 5.91 Å². The number of nitrogens with zero attached hydrogens (tertiary/aromatic N) is 3. The molecule has 0 bridgehead atoms. The number of carbonyl (C=O) groups excluding carboxylic acids is 1. The van der Waals surface area contributed by atoms with Gasteiger partial charge in [-0.25, -0.2) is 4.98 Å². The number of nitrogen functional groups attached to an aromatic ring is 1. The van der Waals surface area contributed by atoms with Crippen molar-refractivity contribution in [1.82, 2.24) is 14.9 Å². The number of halogens is 3. The van der Waals surface area contributed by atoms with E-state index < -0.39 is 29.8 Å². The summed E-state index contributed by atoms with van der Waals surface area (Å²) in [4.78, 5) is 23.2. The number of hydrogen-bond acceptors (Lipinski definition) is 6. The molecule has 0 saturated heterocycles. The van der Waals surface area contributed by atoms with Crippen LogP contribution in [0.2, 0.25) is 0 Å². The van der Waals surface area contributed by atoms with E-state index in [-0.39, 0.29) is 18.3 Å². The van der Waals surface area contributed by atoms with Crippen molar-refractivity contribution < 1.29 is 27.8 Å². The molecule has 0 radical (unpaired) electrons. The molecule has 34 heavy (non-hydrogen) atoms. The summed E-state index contributed by atoms with van der Waals surface area (Å²) in [6, 6.07) is 6.57. The maximum atomic E-state index is 13.5. The number of aromatic nitrogens is 2. The molecule has 0 fully saturated rings. The molecule has 3 unspecified atom stereocenters. The molecule has 10 heteroatoms. The van der Waals surface area contributed by atoms with E-state index in [1.807, 2.05) is 6.92 Å². The first-order valence-electron chi connectivity index (χ1n) is 10.8. The van der Waals surface area contributed by atoms with Crippen LogP contribution in [0.5, 0.6) is 0 Å². The van der Waals surface area contributed by atoms with Crippen LogP contribution in [0.15, 0.2) is 36.5 Å². The molecule has 1 aliphatic heterocycles. The highest BCUT2D eigenvalue weighted by Crippen LogP contribution is 2.38. The first-order valence-corrected chi connectivity index (χ1v) is 10.8. The van der Waals surface area contributed by atoms with Crippen LogP contribution in [0, 0.1) is 0 Å². The molecule has 0 aliphatic carbocycles. The fourth-order valence-electron chi connectivity index (χ4n) is 4.09. The zero-order chi connectivity index (χ0) is 24.8. The third kappa shape index (κ3) is 4.43. The lowest BCUT2D eigenvalue weighted by Crippen LogP contribution is -2.44. The zero-order valence-corrected chi connectivity index (χ0v) is 18.9. The number of benzene rings is 1. The van der Waals surface area contributed by atoms with Gasteiger partial charge in [-0.15, -0.1) is 0 Å². The summed E-state index contributed by atoms with van der Waals surface area (Å²) in [7, 11) is 0. The van der Waals surface area contributed by atoms with Gasteiger partial charge in [-0.2, -0.15) is 13.2 Å². The predicted octanol–water partition coefficient (Wildman–Crippen LogP) is 4.23. The Morgan fingerprint density at radius 3 is 2.65 bits per heavy atom. The van der Waals surface area contributed by atoms with Crippen molar-refractivity contribution in [1.29, 1.82) is 0 Å². The van der Waals surface area contributed by atoms with E-state index in [9.17, 15) is 23.1 Å². The monoisotopic (exact) mass is 474 g/mol. The summed E-state index contributed by atoms with van der Waals surface area (Å²) in [5, 5.41) is 10.9. The standard InChI is InChI=1S/C24H25F3N4O3/c1-12(13(2)32)31(10-17-6-5-16(9-29-17)24(25,26)27)23(33)15-4-7-20-18(8-15)19-11-34-14(3)21(19)22(28)30-20/h4-9,12-14,32H,10-11H2,1-3H3,(H2,28,30). The summed E-state index contributed by atoms with van der Waals surface area (Å²) < 4.78 is 44.3. The van der Waals surface area contributed by atoms with Gasteiger partial charge in [-0.05, 0) is 56.7 Å². The van der Waals surface area contributed by atoms with Crippen molar-refractivity contribution in [3.05, 3.63) is 64.5 Å². The van der Waals surface area contributed by atoms with Gasteiger partial charge in [0, 0.05) is 22.7 Å². The summed E-state index contributed by atoms with van der Waals surface area (Å²) in [5.74, 6) is -0.00107. The van der Waals surface area contributed by atoms with Crippen molar-refractivity contribution in [3.63, 3.8) is 0 Å². The molecule has 1 amide bonds. The molecule has 0 spiro atoms. The smallest absolute Gasteiger partial charge is 0.391 e. The van der Waals surface area contributed by atoms with Crippen LogP contribution in [-0.4, -0.2) is 38.0 Å². The Morgan fingerprint density at radius 2 is 2.03 bits per heavy atom. The SMILES string of the molecule is CC1OCc2c1c(N)nc1ccc(C(=O)N(Cc3ccc(C(F)(F)F)cn3)C(C)C(C)O)cc21. The van der Waals surface area contributed by atoms with Crippen molar-refractivity contribution in [2.45, 2.75) is 58.3 Å². The first kappa shape index (κ1) is 23.9. The Bertz CT molecular complexity index is 1230. The van der Waals surface area contributed by atoms with E-state index in [4.69, 9.17) is 10.5 Å². The molecule has 2 aromatic heterocycles. The van der Waals surface area contributed by atoms with Crippen molar-refractivity contribution in [2.75, 3.05) is 5.73 Å². The molecule has 3 N–H and O–H groups in total. The number of ether oxygens (including phenoxy) is 1. The fourth-order valence-corrected chi connectivity index (χ4v) is 4.09. The summed E-state index contributed by atoms with van der Waals surface area (Å²) >= 11 is 0. The zero-order valence-electron chi connectivity index (χ0n) is 18.9. The van der Waals surface area contributed by atoms with Crippen LogP contribution < -0.4 is 5.73 Å². The van der Waals surface area contributed by atoms with E-state index in [1.165, 1.54) is 11.0 Å².